The van der Waals surface area contributed by atoms with Crippen molar-refractivity contribution in [2.75, 3.05) is 19.1 Å². The molecule has 2 aromatic rings. The number of rotatable bonds is 4. The number of halogens is 2. The number of phenolic OH excluding ortho intramolecular Hbond substituents is 1. The summed E-state index contributed by atoms with van der Waals surface area (Å²) in [6.45, 7) is 1.67. The van der Waals surface area contributed by atoms with E-state index in [0.29, 0.717) is 11.1 Å². The SMILES string of the molecule is COc1cc(C2C3=CCC4C(=O)N(O)C(=O)C4C3CC3C(=O)N(c4ccc(F)c(Cl)c4)C(=O)C32C)cc(OC)c1O. The van der Waals surface area contributed by atoms with Gasteiger partial charge in [0.2, 0.25) is 17.6 Å². The molecule has 2 N–H and O–H groups in total. The number of imide groups is 2. The molecule has 6 unspecified atom stereocenters. The van der Waals surface area contributed by atoms with E-state index >= 15 is 0 Å². The molecule has 1 saturated carbocycles. The van der Waals surface area contributed by atoms with Crippen molar-refractivity contribution < 1.29 is 43.4 Å². The number of fused-ring (bicyclic) bond motifs is 4. The van der Waals surface area contributed by atoms with E-state index in [1.54, 1.807) is 19.1 Å². The largest absolute Gasteiger partial charge is 0.502 e. The predicted octanol–water partition coefficient (Wildman–Crippen LogP) is 3.82. The number of carbonyl (C=O) groups excluding carboxylic acids is 4. The van der Waals surface area contributed by atoms with Crippen molar-refractivity contribution in [1.82, 2.24) is 5.06 Å². The Morgan fingerprint density at radius 1 is 1.00 bits per heavy atom. The molecule has 3 fully saturated rings. The number of anilines is 1. The van der Waals surface area contributed by atoms with Crippen LogP contribution in [0.5, 0.6) is 17.2 Å². The molecular formula is C29H26ClFN2O8. The van der Waals surface area contributed by atoms with Crippen LogP contribution in [0.3, 0.4) is 0 Å². The van der Waals surface area contributed by atoms with E-state index in [4.69, 9.17) is 21.1 Å². The van der Waals surface area contributed by atoms with Gasteiger partial charge in [-0.3, -0.25) is 24.4 Å². The van der Waals surface area contributed by atoms with Gasteiger partial charge in [0.1, 0.15) is 5.82 Å². The first-order valence-corrected chi connectivity index (χ1v) is 13.4. The number of benzene rings is 2. The smallest absolute Gasteiger partial charge is 0.257 e. The molecule has 4 amide bonds. The van der Waals surface area contributed by atoms with Gasteiger partial charge < -0.3 is 14.6 Å². The van der Waals surface area contributed by atoms with Crippen LogP contribution in [0.2, 0.25) is 5.02 Å². The lowest BCUT2D eigenvalue weighted by Gasteiger charge is -2.49. The quantitative estimate of drug-likeness (QED) is 0.315. The molecule has 41 heavy (non-hydrogen) atoms. The average Bonchev–Trinajstić information content (AvgIpc) is 3.29. The summed E-state index contributed by atoms with van der Waals surface area (Å²) >= 11 is 6.00. The zero-order valence-corrected chi connectivity index (χ0v) is 23.0. The van der Waals surface area contributed by atoms with E-state index in [1.807, 2.05) is 6.08 Å². The monoisotopic (exact) mass is 584 g/mol. The Hall–Kier alpha value is -3.96. The van der Waals surface area contributed by atoms with Crippen LogP contribution >= 0.6 is 11.6 Å². The van der Waals surface area contributed by atoms with E-state index in [2.05, 4.69) is 0 Å². The second kappa shape index (κ2) is 9.28. The molecule has 2 heterocycles. The molecule has 2 aliphatic carbocycles. The Morgan fingerprint density at radius 3 is 2.27 bits per heavy atom. The first-order valence-electron chi connectivity index (χ1n) is 13.0. The fourth-order valence-corrected chi connectivity index (χ4v) is 7.50. The van der Waals surface area contributed by atoms with Gasteiger partial charge in [-0.25, -0.2) is 9.29 Å². The van der Waals surface area contributed by atoms with Crippen LogP contribution in [0.15, 0.2) is 42.0 Å². The van der Waals surface area contributed by atoms with Gasteiger partial charge in [-0.2, -0.15) is 5.06 Å². The summed E-state index contributed by atoms with van der Waals surface area (Å²) in [6.07, 6.45) is 2.03. The molecule has 0 bridgehead atoms. The summed E-state index contributed by atoms with van der Waals surface area (Å²) < 4.78 is 24.7. The Morgan fingerprint density at radius 2 is 1.66 bits per heavy atom. The van der Waals surface area contributed by atoms with Gasteiger partial charge in [-0.05, 0) is 61.6 Å². The maximum Gasteiger partial charge on any atom is 0.257 e. The number of allylic oxidation sites excluding steroid dienone is 2. The first kappa shape index (κ1) is 27.2. The molecule has 0 aromatic heterocycles. The van der Waals surface area contributed by atoms with Gasteiger partial charge in [0.25, 0.3) is 11.8 Å². The fraction of sp³-hybridized carbons (Fsp3) is 0.379. The Bertz CT molecular complexity index is 1550. The molecule has 2 aromatic carbocycles. The number of phenols is 1. The number of hydroxylamine groups is 2. The maximum atomic E-state index is 14.4. The van der Waals surface area contributed by atoms with Crippen LogP contribution in [-0.4, -0.2) is 53.2 Å². The van der Waals surface area contributed by atoms with Crippen molar-refractivity contribution in [1.29, 1.82) is 0 Å². The van der Waals surface area contributed by atoms with E-state index < -0.39 is 64.5 Å². The molecule has 4 aliphatic rings. The normalized spacial score (nSPS) is 30.7. The Kier molecular flexibility index (Phi) is 6.16. The molecule has 2 saturated heterocycles. The molecule has 0 radical (unpaired) electrons. The van der Waals surface area contributed by atoms with Gasteiger partial charge >= 0.3 is 0 Å². The minimum atomic E-state index is -1.40. The number of methoxy groups -OCH3 is 2. The summed E-state index contributed by atoms with van der Waals surface area (Å²) in [5.41, 5.74) is -0.150. The zero-order valence-electron chi connectivity index (χ0n) is 22.3. The minimum absolute atomic E-state index is 0.0647. The number of hydrogen-bond acceptors (Lipinski definition) is 8. The van der Waals surface area contributed by atoms with Gasteiger partial charge in [-0.1, -0.05) is 23.3 Å². The summed E-state index contributed by atoms with van der Waals surface area (Å²) in [7, 11) is 2.72. The average molecular weight is 585 g/mol. The summed E-state index contributed by atoms with van der Waals surface area (Å²) in [5.74, 6) is -7.51. The van der Waals surface area contributed by atoms with Crippen LogP contribution in [-0.2, 0) is 19.2 Å². The number of amides is 4. The van der Waals surface area contributed by atoms with Crippen LogP contribution in [0, 0.1) is 34.9 Å². The van der Waals surface area contributed by atoms with E-state index in [0.717, 1.165) is 11.0 Å². The third kappa shape index (κ3) is 3.58. The number of nitrogens with zero attached hydrogens (tertiary/aromatic N) is 2. The van der Waals surface area contributed by atoms with Crippen molar-refractivity contribution in [3.8, 4) is 17.2 Å². The number of carbonyl (C=O) groups is 4. The maximum absolute atomic E-state index is 14.4. The number of hydrogen-bond donors (Lipinski definition) is 2. The highest BCUT2D eigenvalue weighted by Crippen LogP contribution is 2.64. The molecule has 0 spiro atoms. The lowest BCUT2D eigenvalue weighted by molar-refractivity contribution is -0.173. The zero-order chi connectivity index (χ0) is 29.5. The topological polar surface area (TPSA) is 134 Å². The van der Waals surface area contributed by atoms with Crippen molar-refractivity contribution in [2.24, 2.45) is 29.1 Å². The van der Waals surface area contributed by atoms with Crippen LogP contribution in [0.25, 0.3) is 0 Å². The molecule has 10 nitrogen and oxygen atoms in total. The van der Waals surface area contributed by atoms with Crippen LogP contribution in [0.4, 0.5) is 10.1 Å². The molecule has 2 aliphatic heterocycles. The molecule has 6 atom stereocenters. The fourth-order valence-electron chi connectivity index (χ4n) is 7.33. The second-order valence-corrected chi connectivity index (χ2v) is 11.4. The highest BCUT2D eigenvalue weighted by Gasteiger charge is 2.67. The van der Waals surface area contributed by atoms with Crippen molar-refractivity contribution in [2.45, 2.75) is 25.7 Å². The highest BCUT2D eigenvalue weighted by atomic mass is 35.5. The highest BCUT2D eigenvalue weighted by molar-refractivity contribution is 6.31. The van der Waals surface area contributed by atoms with Gasteiger partial charge in [-0.15, -0.1) is 0 Å². The molecule has 6 rings (SSSR count). The molecular weight excluding hydrogens is 559 g/mol. The van der Waals surface area contributed by atoms with Gasteiger partial charge in [0.15, 0.2) is 11.5 Å². The van der Waals surface area contributed by atoms with E-state index in [9.17, 15) is 33.9 Å². The number of ether oxygens (including phenoxy) is 2. The molecule has 12 heteroatoms. The second-order valence-electron chi connectivity index (χ2n) is 11.0. The lowest BCUT2D eigenvalue weighted by atomic mass is 9.51. The summed E-state index contributed by atoms with van der Waals surface area (Å²) in [5, 5.41) is 20.7. The van der Waals surface area contributed by atoms with Gasteiger partial charge in [0, 0.05) is 5.92 Å². The summed E-state index contributed by atoms with van der Waals surface area (Å²) in [6, 6.07) is 6.68. The number of aromatic hydroxyl groups is 1. The molecule has 214 valence electrons. The van der Waals surface area contributed by atoms with Crippen molar-refractivity contribution in [3.05, 3.63) is 58.4 Å². The minimum Gasteiger partial charge on any atom is -0.502 e. The Balaban J connectivity index is 1.57. The first-order chi connectivity index (χ1) is 19.4. The van der Waals surface area contributed by atoms with E-state index in [1.165, 1.54) is 26.4 Å². The standard InChI is InChI=1S/C29H26ClFN2O8/c1-29-17(26(36)32(28(29)38)13-4-7-19(31)18(30)10-13)11-16-14(5-6-15-22(16)27(37)33(39)25(15)35)23(29)12-8-20(40-2)24(34)21(9-12)41-3/h4-5,7-10,15-17,22-23,34,39H,6,11H2,1-3H3. The third-order valence-corrected chi connectivity index (χ3v) is 9.54. The van der Waals surface area contributed by atoms with Crippen molar-refractivity contribution >= 4 is 40.9 Å². The third-order valence-electron chi connectivity index (χ3n) is 9.25. The predicted molar refractivity (Wildman–Crippen MR) is 141 cm³/mol. The Labute approximate surface area is 238 Å². The lowest BCUT2D eigenvalue weighted by Crippen LogP contribution is -2.48. The van der Waals surface area contributed by atoms with E-state index in [-0.39, 0.29) is 45.9 Å². The van der Waals surface area contributed by atoms with Gasteiger partial charge in [0.05, 0.1) is 48.1 Å². The van der Waals surface area contributed by atoms with Crippen LogP contribution in [0.1, 0.15) is 31.2 Å². The summed E-state index contributed by atoms with van der Waals surface area (Å²) in [4.78, 5) is 55.2. The van der Waals surface area contributed by atoms with Crippen LogP contribution < -0.4 is 14.4 Å². The van der Waals surface area contributed by atoms with Crippen molar-refractivity contribution in [3.63, 3.8) is 0 Å².